The number of ether oxygens (including phenoxy) is 1. The molecule has 2 heterocycles. The van der Waals surface area contributed by atoms with E-state index in [1.165, 1.54) is 0 Å². The van der Waals surface area contributed by atoms with Crippen molar-refractivity contribution in [1.29, 1.82) is 0 Å². The first kappa shape index (κ1) is 25.8. The van der Waals surface area contributed by atoms with E-state index in [1.54, 1.807) is 25.2 Å². The Morgan fingerprint density at radius 3 is 2.67 bits per heavy atom. The van der Waals surface area contributed by atoms with Crippen molar-refractivity contribution < 1.29 is 24.5 Å². The summed E-state index contributed by atoms with van der Waals surface area (Å²) in [6, 6.07) is 0. The van der Waals surface area contributed by atoms with E-state index in [2.05, 4.69) is 11.1 Å². The van der Waals surface area contributed by atoms with Gasteiger partial charge in [-0.05, 0) is 64.0 Å². The predicted octanol–water partition coefficient (Wildman–Crippen LogP) is 4.63. The number of rotatable bonds is 2. The smallest absolute Gasteiger partial charge is 0.309 e. The maximum Gasteiger partial charge on any atom is 0.309 e. The normalized spacial score (nSPS) is 36.5. The molecule has 3 rings (SSSR count). The van der Waals surface area contributed by atoms with Gasteiger partial charge >= 0.3 is 5.97 Å². The average molecular weight is 476 g/mol. The van der Waals surface area contributed by atoms with Crippen LogP contribution in [0, 0.1) is 24.2 Å². The molecule has 2 N–H and O–H groups in total. The van der Waals surface area contributed by atoms with Crippen molar-refractivity contribution in [1.82, 2.24) is 4.98 Å². The Hall–Kier alpha value is -1.83. The third-order valence-corrected chi connectivity index (χ3v) is 8.12. The van der Waals surface area contributed by atoms with Gasteiger partial charge in [0.05, 0.1) is 34.7 Å². The van der Waals surface area contributed by atoms with E-state index in [1.807, 2.05) is 32.2 Å². The lowest BCUT2D eigenvalue weighted by Crippen LogP contribution is -2.54. The number of aliphatic hydroxyl groups excluding tert-OH is 2. The van der Waals surface area contributed by atoms with Gasteiger partial charge in [-0.25, -0.2) is 4.98 Å². The zero-order chi connectivity index (χ0) is 24.3. The van der Waals surface area contributed by atoms with Gasteiger partial charge in [0.2, 0.25) is 0 Å². The van der Waals surface area contributed by atoms with Gasteiger partial charge in [0, 0.05) is 17.7 Å². The van der Waals surface area contributed by atoms with Crippen LogP contribution in [-0.2, 0) is 14.3 Å². The zero-order valence-corrected chi connectivity index (χ0v) is 21.2. The standard InChI is InChI=1S/C26H37NO5S/c1-15-8-6-7-9-19-13-26(5,25(31)17(3)24(19)30)22(28)12-23(29)32-21(10-15)16(2)11-20-14-33-18(4)27-20/h8,11,14,17,19,21-22,24,28,30H,6-7,9-10,12-13H2,1-5H3/b15-8-,16-11+/t17-,19-,21+,22+,24-,26-/m1/s1. The number of aromatic nitrogens is 1. The summed E-state index contributed by atoms with van der Waals surface area (Å²) in [6.45, 7) is 9.37. The van der Waals surface area contributed by atoms with Crippen LogP contribution in [0.3, 0.4) is 0 Å². The molecule has 182 valence electrons. The number of fused-ring (bicyclic) bond motifs is 2. The number of Topliss-reactive ketones (excluding diaryl/α,β-unsaturated/α-hetero) is 1. The molecule has 0 unspecified atom stereocenters. The number of hydrogen-bond acceptors (Lipinski definition) is 7. The van der Waals surface area contributed by atoms with E-state index in [4.69, 9.17) is 4.74 Å². The van der Waals surface area contributed by atoms with Gasteiger partial charge < -0.3 is 14.9 Å². The highest BCUT2D eigenvalue weighted by atomic mass is 32.1. The monoisotopic (exact) mass is 475 g/mol. The van der Waals surface area contributed by atoms with Crippen molar-refractivity contribution in [3.8, 4) is 0 Å². The number of ketones is 1. The van der Waals surface area contributed by atoms with Gasteiger partial charge in [0.15, 0.2) is 0 Å². The number of nitrogens with zero attached hydrogens (tertiary/aromatic N) is 1. The maximum atomic E-state index is 13.0. The lowest BCUT2D eigenvalue weighted by atomic mass is 9.60. The molecule has 0 aromatic carbocycles. The molecule has 0 radical (unpaired) electrons. The minimum atomic E-state index is -1.15. The van der Waals surface area contributed by atoms with Crippen LogP contribution in [0.1, 0.15) is 76.9 Å². The van der Waals surface area contributed by atoms with E-state index in [9.17, 15) is 19.8 Å². The van der Waals surface area contributed by atoms with E-state index in [-0.39, 0.29) is 18.1 Å². The van der Waals surface area contributed by atoms with Crippen LogP contribution in [0.5, 0.6) is 0 Å². The van der Waals surface area contributed by atoms with Crippen molar-refractivity contribution in [2.24, 2.45) is 17.3 Å². The second kappa shape index (κ2) is 10.6. The van der Waals surface area contributed by atoms with Crippen LogP contribution in [0.15, 0.2) is 22.6 Å². The Morgan fingerprint density at radius 1 is 1.27 bits per heavy atom. The fraction of sp³-hybridized carbons (Fsp3) is 0.654. The summed E-state index contributed by atoms with van der Waals surface area (Å²) in [4.78, 5) is 30.4. The van der Waals surface area contributed by atoms with Crippen molar-refractivity contribution >= 4 is 29.2 Å². The van der Waals surface area contributed by atoms with E-state index in [0.717, 1.165) is 41.1 Å². The summed E-state index contributed by atoms with van der Waals surface area (Å²) in [5.74, 6) is -1.35. The zero-order valence-electron chi connectivity index (χ0n) is 20.3. The summed E-state index contributed by atoms with van der Waals surface area (Å²) in [5.41, 5.74) is 1.78. The molecule has 0 saturated heterocycles. The first-order valence-corrected chi connectivity index (χ1v) is 12.7. The maximum absolute atomic E-state index is 13.0. The molecule has 1 aromatic rings. The van der Waals surface area contributed by atoms with Gasteiger partial charge in [0.1, 0.15) is 11.9 Å². The minimum Gasteiger partial charge on any atom is -0.457 e. The summed E-state index contributed by atoms with van der Waals surface area (Å²) < 4.78 is 5.85. The summed E-state index contributed by atoms with van der Waals surface area (Å²) in [5, 5.41) is 24.6. The number of aliphatic hydroxyl groups is 2. The Kier molecular flexibility index (Phi) is 8.30. The number of allylic oxidation sites excluding steroid dienone is 1. The number of cyclic esters (lactones) is 1. The molecular weight excluding hydrogens is 438 g/mol. The fourth-order valence-electron chi connectivity index (χ4n) is 5.18. The molecule has 1 saturated carbocycles. The Bertz CT molecular complexity index is 935. The van der Waals surface area contributed by atoms with Crippen LogP contribution in [0.4, 0.5) is 0 Å². The number of carbonyl (C=O) groups excluding carboxylic acids is 2. The number of aryl methyl sites for hydroxylation is 1. The van der Waals surface area contributed by atoms with E-state index in [0.29, 0.717) is 12.8 Å². The molecule has 1 fully saturated rings. The number of carbonyl (C=O) groups is 2. The SMILES string of the molecule is C/C1=C/CCC[C@@H]2C[C@@](C)(C(=O)[C@H](C)[C@H]2O)[C@@H](O)CC(=O)O[C@H](/C(C)=C/c2csc(C)n2)C1. The lowest BCUT2D eigenvalue weighted by molar-refractivity contribution is -0.161. The Balaban J connectivity index is 1.88. The molecule has 2 aliphatic rings. The average Bonchev–Trinajstić information content (AvgIpc) is 3.16. The molecule has 2 bridgehead atoms. The van der Waals surface area contributed by atoms with Crippen LogP contribution in [0.2, 0.25) is 0 Å². The minimum absolute atomic E-state index is 0.0792. The fourth-order valence-corrected chi connectivity index (χ4v) is 5.76. The first-order chi connectivity index (χ1) is 15.5. The van der Waals surface area contributed by atoms with Crippen molar-refractivity contribution in [3.05, 3.63) is 33.3 Å². The number of thiazole rings is 1. The van der Waals surface area contributed by atoms with Crippen molar-refractivity contribution in [2.45, 2.75) is 91.5 Å². The molecule has 0 spiro atoms. The third-order valence-electron chi connectivity index (χ3n) is 7.33. The van der Waals surface area contributed by atoms with Crippen molar-refractivity contribution in [2.75, 3.05) is 0 Å². The second-order valence-corrected chi connectivity index (χ2v) is 11.2. The molecule has 7 heteroatoms. The van der Waals surface area contributed by atoms with Gasteiger partial charge in [-0.3, -0.25) is 9.59 Å². The molecule has 1 aliphatic heterocycles. The highest BCUT2D eigenvalue weighted by Gasteiger charge is 2.51. The van der Waals surface area contributed by atoms with E-state index >= 15 is 0 Å². The van der Waals surface area contributed by atoms with Crippen LogP contribution >= 0.6 is 11.3 Å². The van der Waals surface area contributed by atoms with Gasteiger partial charge in [-0.15, -0.1) is 11.3 Å². The Labute approximate surface area is 200 Å². The van der Waals surface area contributed by atoms with Crippen LogP contribution in [-0.4, -0.2) is 45.3 Å². The highest BCUT2D eigenvalue weighted by Crippen LogP contribution is 2.44. The summed E-state index contributed by atoms with van der Waals surface area (Å²) in [7, 11) is 0. The quantitative estimate of drug-likeness (QED) is 0.478. The predicted molar refractivity (Wildman–Crippen MR) is 130 cm³/mol. The Morgan fingerprint density at radius 2 is 2.00 bits per heavy atom. The topological polar surface area (TPSA) is 96.7 Å². The number of esters is 1. The van der Waals surface area contributed by atoms with Crippen molar-refractivity contribution in [3.63, 3.8) is 0 Å². The number of hydrogen-bond donors (Lipinski definition) is 2. The molecule has 6 nitrogen and oxygen atoms in total. The third kappa shape index (κ3) is 6.00. The first-order valence-electron chi connectivity index (χ1n) is 11.9. The molecule has 0 amide bonds. The lowest BCUT2D eigenvalue weighted by Gasteiger charge is -2.45. The molecule has 6 atom stereocenters. The van der Waals surface area contributed by atoms with Crippen LogP contribution in [0.25, 0.3) is 6.08 Å². The summed E-state index contributed by atoms with van der Waals surface area (Å²) in [6.07, 6.45) is 4.99. The largest absolute Gasteiger partial charge is 0.457 e. The molecule has 33 heavy (non-hydrogen) atoms. The summed E-state index contributed by atoms with van der Waals surface area (Å²) >= 11 is 1.57. The van der Waals surface area contributed by atoms with Gasteiger partial charge in [0.25, 0.3) is 0 Å². The molecule has 1 aliphatic carbocycles. The molecule has 1 aromatic heterocycles. The highest BCUT2D eigenvalue weighted by molar-refractivity contribution is 7.09. The van der Waals surface area contributed by atoms with Gasteiger partial charge in [-0.2, -0.15) is 0 Å². The second-order valence-electron chi connectivity index (χ2n) is 10.1. The molecular formula is C26H37NO5S. The van der Waals surface area contributed by atoms with E-state index < -0.39 is 35.6 Å². The van der Waals surface area contributed by atoms with Gasteiger partial charge in [-0.1, -0.05) is 25.5 Å². The van der Waals surface area contributed by atoms with Crippen LogP contribution < -0.4 is 0 Å².